The fraction of sp³-hybridized carbons (Fsp3) is 0.593. The zero-order valence-corrected chi connectivity index (χ0v) is 19.4. The molecule has 0 heterocycles. The third-order valence-electron chi connectivity index (χ3n) is 7.60. The minimum Gasteiger partial charge on any atom is -0.508 e. The van der Waals surface area contributed by atoms with E-state index in [9.17, 15) is 20.1 Å². The maximum absolute atomic E-state index is 12.2. The summed E-state index contributed by atoms with van der Waals surface area (Å²) in [6.45, 7) is 11.7. The van der Waals surface area contributed by atoms with Crippen LogP contribution in [0.2, 0.25) is 0 Å². The molecule has 3 rings (SSSR count). The smallest absolute Gasteiger partial charge is 0.163 e. The first-order valence-corrected chi connectivity index (χ1v) is 11.6. The summed E-state index contributed by atoms with van der Waals surface area (Å²) in [6, 6.07) is 0. The molecule has 0 aromatic carbocycles. The third kappa shape index (κ3) is 4.96. The Bertz CT molecular complexity index is 864. The summed E-state index contributed by atoms with van der Waals surface area (Å²) in [7, 11) is 0. The SMILES string of the molecule is C=C1C(O)=C[C@H](O)C/C1=C/C=C1\CCC[C@]2(C)C([C@H](C)CCC(=O)C(C)(C)O)=CC[C@@H]12. The molecule has 3 aliphatic rings. The van der Waals surface area contributed by atoms with Crippen molar-refractivity contribution in [1.82, 2.24) is 0 Å². The van der Waals surface area contributed by atoms with Crippen molar-refractivity contribution in [2.24, 2.45) is 17.3 Å². The first-order valence-electron chi connectivity index (χ1n) is 11.6. The van der Waals surface area contributed by atoms with Gasteiger partial charge in [0, 0.05) is 18.4 Å². The van der Waals surface area contributed by atoms with Crippen molar-refractivity contribution in [3.05, 3.63) is 58.9 Å². The van der Waals surface area contributed by atoms with Gasteiger partial charge in [0.05, 0.1) is 6.10 Å². The number of aliphatic hydroxyl groups excluding tert-OH is 2. The van der Waals surface area contributed by atoms with Crippen LogP contribution in [-0.2, 0) is 4.79 Å². The number of rotatable bonds is 6. The number of aliphatic hydroxyl groups is 3. The van der Waals surface area contributed by atoms with Gasteiger partial charge in [0.2, 0.25) is 0 Å². The lowest BCUT2D eigenvalue weighted by Gasteiger charge is -2.42. The number of fused-ring (bicyclic) bond motifs is 1. The van der Waals surface area contributed by atoms with E-state index >= 15 is 0 Å². The highest BCUT2D eigenvalue weighted by atomic mass is 16.3. The number of Topliss-reactive ketones (excluding diaryl/α,β-unsaturated/α-hetero) is 1. The standard InChI is InChI=1S/C27H38O4/c1-17(8-13-25(30)26(3,4)31)22-11-12-23-19(7-6-14-27(22,23)5)9-10-20-15-21(28)16-24(29)18(20)2/h9-11,16-17,21,23,28-29,31H,2,6-8,12-15H2,1,3-5H3/b19-9+,20-10-/t17-,21-,23+,27-/m1/s1. The fourth-order valence-electron chi connectivity index (χ4n) is 5.66. The molecule has 4 atom stereocenters. The van der Waals surface area contributed by atoms with Gasteiger partial charge in [-0.05, 0) is 74.9 Å². The van der Waals surface area contributed by atoms with Crippen molar-refractivity contribution >= 4 is 5.78 Å². The van der Waals surface area contributed by atoms with Gasteiger partial charge in [0.25, 0.3) is 0 Å². The van der Waals surface area contributed by atoms with Crippen molar-refractivity contribution in [3.8, 4) is 0 Å². The van der Waals surface area contributed by atoms with E-state index in [1.54, 1.807) is 13.8 Å². The molecule has 31 heavy (non-hydrogen) atoms. The van der Waals surface area contributed by atoms with Crippen LogP contribution in [0.15, 0.2) is 58.9 Å². The Morgan fingerprint density at radius 3 is 2.77 bits per heavy atom. The molecule has 4 heteroatoms. The second kappa shape index (κ2) is 8.91. The minimum atomic E-state index is -1.26. The van der Waals surface area contributed by atoms with E-state index in [2.05, 4.69) is 32.6 Å². The van der Waals surface area contributed by atoms with Gasteiger partial charge >= 0.3 is 0 Å². The highest BCUT2D eigenvalue weighted by Crippen LogP contribution is 2.57. The highest BCUT2D eigenvalue weighted by molar-refractivity contribution is 5.86. The Kier molecular flexibility index (Phi) is 6.83. The number of hydrogen-bond donors (Lipinski definition) is 3. The van der Waals surface area contributed by atoms with Gasteiger partial charge < -0.3 is 15.3 Å². The van der Waals surface area contributed by atoms with E-state index in [1.165, 1.54) is 17.2 Å². The van der Waals surface area contributed by atoms with Crippen LogP contribution in [0.4, 0.5) is 0 Å². The maximum atomic E-state index is 12.2. The normalized spacial score (nSPS) is 32.6. The van der Waals surface area contributed by atoms with Crippen LogP contribution in [0.5, 0.6) is 0 Å². The summed E-state index contributed by atoms with van der Waals surface area (Å²) in [4.78, 5) is 12.2. The number of allylic oxidation sites excluding steroid dienone is 6. The van der Waals surface area contributed by atoms with Crippen molar-refractivity contribution in [2.45, 2.75) is 84.3 Å². The molecule has 0 spiro atoms. The summed E-state index contributed by atoms with van der Waals surface area (Å²) in [5, 5.41) is 29.9. The van der Waals surface area contributed by atoms with Crippen LogP contribution in [0, 0.1) is 17.3 Å². The van der Waals surface area contributed by atoms with Gasteiger partial charge in [0.15, 0.2) is 5.78 Å². The molecule has 0 aliphatic heterocycles. The predicted molar refractivity (Wildman–Crippen MR) is 124 cm³/mol. The first-order chi connectivity index (χ1) is 14.4. The Morgan fingerprint density at radius 1 is 1.39 bits per heavy atom. The van der Waals surface area contributed by atoms with Gasteiger partial charge in [-0.2, -0.15) is 0 Å². The van der Waals surface area contributed by atoms with Crippen LogP contribution >= 0.6 is 0 Å². The maximum Gasteiger partial charge on any atom is 0.163 e. The first kappa shape index (κ1) is 23.7. The molecule has 0 unspecified atom stereocenters. The zero-order valence-electron chi connectivity index (χ0n) is 19.4. The largest absolute Gasteiger partial charge is 0.508 e. The van der Waals surface area contributed by atoms with E-state index < -0.39 is 11.7 Å². The Hall–Kier alpha value is -1.91. The summed E-state index contributed by atoms with van der Waals surface area (Å²) in [6.07, 6.45) is 13.4. The molecule has 1 saturated carbocycles. The van der Waals surface area contributed by atoms with Gasteiger partial charge in [-0.1, -0.05) is 49.8 Å². The van der Waals surface area contributed by atoms with E-state index in [1.807, 2.05) is 6.08 Å². The van der Waals surface area contributed by atoms with Crippen LogP contribution in [0.3, 0.4) is 0 Å². The molecule has 0 amide bonds. The van der Waals surface area contributed by atoms with Crippen molar-refractivity contribution in [2.75, 3.05) is 0 Å². The summed E-state index contributed by atoms with van der Waals surface area (Å²) in [5.41, 5.74) is 3.20. The molecule has 170 valence electrons. The highest BCUT2D eigenvalue weighted by Gasteiger charge is 2.46. The van der Waals surface area contributed by atoms with Crippen molar-refractivity contribution in [1.29, 1.82) is 0 Å². The van der Waals surface area contributed by atoms with E-state index in [0.29, 0.717) is 30.3 Å². The number of ketones is 1. The molecule has 0 bridgehead atoms. The van der Waals surface area contributed by atoms with E-state index in [0.717, 1.165) is 37.7 Å². The number of carbonyl (C=O) groups excluding carboxylic acids is 1. The average molecular weight is 427 g/mol. The van der Waals surface area contributed by atoms with Gasteiger partial charge in [-0.3, -0.25) is 4.79 Å². The lowest BCUT2D eigenvalue weighted by Crippen LogP contribution is -2.34. The third-order valence-corrected chi connectivity index (χ3v) is 7.60. The van der Waals surface area contributed by atoms with Gasteiger partial charge in [-0.25, -0.2) is 0 Å². The van der Waals surface area contributed by atoms with E-state index in [4.69, 9.17) is 0 Å². The molecule has 0 radical (unpaired) electrons. The lowest BCUT2D eigenvalue weighted by molar-refractivity contribution is -0.134. The molecule has 1 fully saturated rings. The zero-order chi connectivity index (χ0) is 23.0. The second-order valence-corrected chi connectivity index (χ2v) is 10.4. The monoisotopic (exact) mass is 426 g/mol. The molecular formula is C27H38O4. The molecule has 0 saturated heterocycles. The second-order valence-electron chi connectivity index (χ2n) is 10.4. The lowest BCUT2D eigenvalue weighted by atomic mass is 9.62. The van der Waals surface area contributed by atoms with Crippen LogP contribution < -0.4 is 0 Å². The summed E-state index contributed by atoms with van der Waals surface area (Å²) in [5.74, 6) is 0.736. The minimum absolute atomic E-state index is 0.0659. The van der Waals surface area contributed by atoms with Gasteiger partial charge in [-0.15, -0.1) is 0 Å². The molecule has 3 aliphatic carbocycles. The fourth-order valence-corrected chi connectivity index (χ4v) is 5.66. The Labute approximate surface area is 186 Å². The molecule has 3 N–H and O–H groups in total. The van der Waals surface area contributed by atoms with Crippen LogP contribution in [0.1, 0.15) is 72.6 Å². The summed E-state index contributed by atoms with van der Waals surface area (Å²) >= 11 is 0. The topological polar surface area (TPSA) is 77.8 Å². The Morgan fingerprint density at radius 2 is 2.10 bits per heavy atom. The molecule has 4 nitrogen and oxygen atoms in total. The molecular weight excluding hydrogens is 388 g/mol. The van der Waals surface area contributed by atoms with Crippen molar-refractivity contribution in [3.63, 3.8) is 0 Å². The number of carbonyl (C=O) groups is 1. The van der Waals surface area contributed by atoms with Gasteiger partial charge in [0.1, 0.15) is 11.4 Å². The number of hydrogen-bond acceptors (Lipinski definition) is 4. The summed E-state index contributed by atoms with van der Waals surface area (Å²) < 4.78 is 0. The van der Waals surface area contributed by atoms with E-state index in [-0.39, 0.29) is 17.0 Å². The quantitative estimate of drug-likeness (QED) is 0.491. The van der Waals surface area contributed by atoms with Crippen molar-refractivity contribution < 1.29 is 20.1 Å². The predicted octanol–water partition coefficient (Wildman–Crippen LogP) is 5.49. The van der Waals surface area contributed by atoms with Crippen LogP contribution in [0.25, 0.3) is 0 Å². The molecule has 0 aromatic rings. The average Bonchev–Trinajstić information content (AvgIpc) is 3.04. The Balaban J connectivity index is 1.74. The molecule has 0 aromatic heterocycles. The van der Waals surface area contributed by atoms with Crippen LogP contribution in [-0.4, -0.2) is 32.8 Å².